The Morgan fingerprint density at radius 1 is 1.11 bits per heavy atom. The molecule has 5 nitrogen and oxygen atoms in total. The van der Waals surface area contributed by atoms with E-state index in [9.17, 15) is 16.8 Å². The number of hydrogen-bond acceptors (Lipinski definition) is 5. The van der Waals surface area contributed by atoms with Crippen LogP contribution in [0.5, 0.6) is 0 Å². The van der Waals surface area contributed by atoms with Crippen molar-refractivity contribution in [3.63, 3.8) is 0 Å². The number of aryl methyl sites for hydroxylation is 1. The lowest BCUT2D eigenvalue weighted by molar-refractivity contribution is 0.588. The molecule has 0 unspecified atom stereocenters. The average Bonchev–Trinajstić information content (AvgIpc) is 2.30. The van der Waals surface area contributed by atoms with Crippen molar-refractivity contribution < 1.29 is 16.8 Å². The summed E-state index contributed by atoms with van der Waals surface area (Å²) in [4.78, 5) is 0.00815. The Morgan fingerprint density at radius 2 is 1.72 bits per heavy atom. The Labute approximate surface area is 108 Å². The van der Waals surface area contributed by atoms with Crippen LogP contribution in [0, 0.1) is 6.92 Å². The standard InChI is InChI=1S/C11H17NO4S2/c1-3-17(13,14)7-8-18(15,16)10-6-4-5-9(2)11(10)12/h4-6H,3,7-8,12H2,1-2H3. The van der Waals surface area contributed by atoms with Crippen molar-refractivity contribution in [2.24, 2.45) is 0 Å². The Balaban J connectivity index is 3.05. The van der Waals surface area contributed by atoms with Crippen molar-refractivity contribution in [1.82, 2.24) is 0 Å². The maximum absolute atomic E-state index is 12.0. The topological polar surface area (TPSA) is 94.3 Å². The summed E-state index contributed by atoms with van der Waals surface area (Å²) in [5.41, 5.74) is 6.56. The largest absolute Gasteiger partial charge is 0.397 e. The van der Waals surface area contributed by atoms with Gasteiger partial charge in [0.25, 0.3) is 0 Å². The molecule has 1 rings (SSSR count). The smallest absolute Gasteiger partial charge is 0.181 e. The van der Waals surface area contributed by atoms with Gasteiger partial charge in [-0.3, -0.25) is 0 Å². The van der Waals surface area contributed by atoms with Crippen LogP contribution in [0.3, 0.4) is 0 Å². The molecule has 0 atom stereocenters. The minimum atomic E-state index is -3.66. The number of para-hydroxylation sites is 1. The molecule has 0 radical (unpaired) electrons. The minimum Gasteiger partial charge on any atom is -0.397 e. The summed E-state index contributed by atoms with van der Waals surface area (Å²) >= 11 is 0. The zero-order valence-electron chi connectivity index (χ0n) is 10.4. The lowest BCUT2D eigenvalue weighted by Crippen LogP contribution is -2.19. The van der Waals surface area contributed by atoms with Crippen LogP contribution in [0.2, 0.25) is 0 Å². The van der Waals surface area contributed by atoms with Crippen molar-refractivity contribution in [3.05, 3.63) is 23.8 Å². The van der Waals surface area contributed by atoms with Gasteiger partial charge in [0, 0.05) is 5.75 Å². The monoisotopic (exact) mass is 291 g/mol. The molecular weight excluding hydrogens is 274 g/mol. The fourth-order valence-electron chi connectivity index (χ4n) is 1.42. The quantitative estimate of drug-likeness (QED) is 0.809. The second-order valence-corrected chi connectivity index (χ2v) is 8.59. The Kier molecular flexibility index (Phi) is 4.39. The van der Waals surface area contributed by atoms with Crippen LogP contribution in [0.1, 0.15) is 12.5 Å². The molecule has 0 aliphatic rings. The number of rotatable bonds is 5. The Morgan fingerprint density at radius 3 is 2.28 bits per heavy atom. The van der Waals surface area contributed by atoms with Gasteiger partial charge in [0.1, 0.15) is 0 Å². The molecular formula is C11H17NO4S2. The van der Waals surface area contributed by atoms with E-state index in [1.165, 1.54) is 13.0 Å². The first-order valence-corrected chi connectivity index (χ1v) is 8.95. The highest BCUT2D eigenvalue weighted by atomic mass is 32.2. The van der Waals surface area contributed by atoms with Gasteiger partial charge in [-0.2, -0.15) is 0 Å². The van der Waals surface area contributed by atoms with E-state index in [1.807, 2.05) is 0 Å². The van der Waals surface area contributed by atoms with Crippen molar-refractivity contribution >= 4 is 25.4 Å². The lowest BCUT2D eigenvalue weighted by atomic mass is 10.2. The Bertz CT molecular complexity index is 633. The third-order valence-corrected chi connectivity index (χ3v) is 6.45. The van der Waals surface area contributed by atoms with Gasteiger partial charge in [-0.25, -0.2) is 16.8 Å². The molecule has 0 spiro atoms. The molecule has 2 N–H and O–H groups in total. The summed E-state index contributed by atoms with van der Waals surface area (Å²) in [6.45, 7) is 3.19. The van der Waals surface area contributed by atoms with Gasteiger partial charge in [0.2, 0.25) is 0 Å². The molecule has 0 heterocycles. The van der Waals surface area contributed by atoms with E-state index in [4.69, 9.17) is 5.73 Å². The predicted octanol–water partition coefficient (Wildman–Crippen LogP) is 0.786. The van der Waals surface area contributed by atoms with Crippen LogP contribution in [-0.2, 0) is 19.7 Å². The third-order valence-electron chi connectivity index (χ3n) is 2.72. The maximum Gasteiger partial charge on any atom is 0.181 e. The zero-order chi connectivity index (χ0) is 14.0. The van der Waals surface area contributed by atoms with Crippen LogP contribution < -0.4 is 5.73 Å². The SMILES string of the molecule is CCS(=O)(=O)CCS(=O)(=O)c1cccc(C)c1N. The summed E-state index contributed by atoms with van der Waals surface area (Å²) in [5, 5.41) is 0. The van der Waals surface area contributed by atoms with Crippen LogP contribution >= 0.6 is 0 Å². The van der Waals surface area contributed by atoms with E-state index < -0.39 is 25.4 Å². The summed E-state index contributed by atoms with van der Waals surface area (Å²) in [6, 6.07) is 4.69. The number of sulfone groups is 2. The molecule has 1 aromatic rings. The lowest BCUT2D eigenvalue weighted by Gasteiger charge is -2.09. The van der Waals surface area contributed by atoms with E-state index in [0.29, 0.717) is 5.56 Å². The molecule has 0 aromatic heterocycles. The Hall–Kier alpha value is -1.08. The minimum absolute atomic E-state index is 0.00815. The van der Waals surface area contributed by atoms with Crippen molar-refractivity contribution in [3.8, 4) is 0 Å². The third kappa shape index (κ3) is 3.46. The van der Waals surface area contributed by atoms with Gasteiger partial charge < -0.3 is 5.73 Å². The van der Waals surface area contributed by atoms with E-state index in [0.717, 1.165) is 0 Å². The summed E-state index contributed by atoms with van der Waals surface area (Å²) in [5.74, 6) is -0.873. The van der Waals surface area contributed by atoms with E-state index in [1.54, 1.807) is 19.1 Å². The normalized spacial score (nSPS) is 12.6. The van der Waals surface area contributed by atoms with E-state index in [2.05, 4.69) is 0 Å². The number of nitrogens with two attached hydrogens (primary N) is 1. The van der Waals surface area contributed by atoms with E-state index >= 15 is 0 Å². The first-order valence-electron chi connectivity index (χ1n) is 5.48. The van der Waals surface area contributed by atoms with Crippen molar-refractivity contribution in [1.29, 1.82) is 0 Å². The van der Waals surface area contributed by atoms with Gasteiger partial charge in [0.05, 0.1) is 22.1 Å². The predicted molar refractivity (Wildman–Crippen MR) is 72.0 cm³/mol. The van der Waals surface area contributed by atoms with Gasteiger partial charge in [-0.1, -0.05) is 19.1 Å². The van der Waals surface area contributed by atoms with Gasteiger partial charge in [0.15, 0.2) is 19.7 Å². The van der Waals surface area contributed by atoms with Crippen molar-refractivity contribution in [2.45, 2.75) is 18.7 Å². The van der Waals surface area contributed by atoms with Gasteiger partial charge >= 0.3 is 0 Å². The summed E-state index contributed by atoms with van der Waals surface area (Å²) in [6.07, 6.45) is 0. The van der Waals surface area contributed by atoms with Gasteiger partial charge in [-0.15, -0.1) is 0 Å². The number of benzene rings is 1. The molecule has 102 valence electrons. The highest BCUT2D eigenvalue weighted by molar-refractivity contribution is 7.95. The molecule has 0 saturated carbocycles. The molecule has 0 amide bonds. The fourth-order valence-corrected chi connectivity index (χ4v) is 4.60. The second-order valence-electron chi connectivity index (χ2n) is 4.04. The molecule has 0 aliphatic carbocycles. The molecule has 0 aliphatic heterocycles. The number of anilines is 1. The highest BCUT2D eigenvalue weighted by Gasteiger charge is 2.21. The van der Waals surface area contributed by atoms with Crippen LogP contribution in [-0.4, -0.2) is 34.1 Å². The van der Waals surface area contributed by atoms with Crippen LogP contribution in [0.4, 0.5) is 5.69 Å². The molecule has 0 fully saturated rings. The van der Waals surface area contributed by atoms with E-state index in [-0.39, 0.29) is 22.1 Å². The molecule has 0 bridgehead atoms. The maximum atomic E-state index is 12.0. The van der Waals surface area contributed by atoms with Crippen LogP contribution in [0.15, 0.2) is 23.1 Å². The first-order chi connectivity index (χ1) is 8.19. The highest BCUT2D eigenvalue weighted by Crippen LogP contribution is 2.22. The first kappa shape index (κ1) is 15.0. The fraction of sp³-hybridized carbons (Fsp3) is 0.455. The second kappa shape index (κ2) is 5.27. The molecule has 18 heavy (non-hydrogen) atoms. The number of nitrogen functional groups attached to an aromatic ring is 1. The average molecular weight is 291 g/mol. The number of hydrogen-bond donors (Lipinski definition) is 1. The molecule has 7 heteroatoms. The van der Waals surface area contributed by atoms with Crippen molar-refractivity contribution in [2.75, 3.05) is 23.0 Å². The zero-order valence-corrected chi connectivity index (χ0v) is 12.0. The summed E-state index contributed by atoms with van der Waals surface area (Å²) in [7, 11) is -6.96. The summed E-state index contributed by atoms with van der Waals surface area (Å²) < 4.78 is 46.7. The van der Waals surface area contributed by atoms with Crippen LogP contribution in [0.25, 0.3) is 0 Å². The molecule has 0 saturated heterocycles. The molecule has 1 aromatic carbocycles. The van der Waals surface area contributed by atoms with Gasteiger partial charge in [-0.05, 0) is 18.6 Å².